The van der Waals surface area contributed by atoms with Crippen molar-refractivity contribution in [3.63, 3.8) is 0 Å². The minimum atomic E-state index is -0.207. The van der Waals surface area contributed by atoms with Crippen LogP contribution in [0.4, 0.5) is 5.69 Å². The van der Waals surface area contributed by atoms with Crippen molar-refractivity contribution in [2.75, 3.05) is 24.5 Å². The first-order valence-corrected chi connectivity index (χ1v) is 9.97. The zero-order chi connectivity index (χ0) is 18.3. The van der Waals surface area contributed by atoms with Gasteiger partial charge in [0.2, 0.25) is 5.91 Å². The van der Waals surface area contributed by atoms with Crippen LogP contribution in [0.1, 0.15) is 35.9 Å². The second kappa shape index (κ2) is 6.67. The van der Waals surface area contributed by atoms with Gasteiger partial charge in [-0.25, -0.2) is 0 Å². The van der Waals surface area contributed by atoms with E-state index in [9.17, 15) is 9.59 Å². The molecule has 4 rings (SSSR count). The van der Waals surface area contributed by atoms with Gasteiger partial charge in [-0.1, -0.05) is 11.6 Å². The number of ketones is 1. The number of rotatable bonds is 3. The molecule has 0 aliphatic carbocycles. The monoisotopic (exact) mass is 389 g/mol. The van der Waals surface area contributed by atoms with Crippen molar-refractivity contribution in [1.29, 1.82) is 0 Å². The molecule has 5 nitrogen and oxygen atoms in total. The average Bonchev–Trinajstić information content (AvgIpc) is 3.24. The van der Waals surface area contributed by atoms with E-state index in [2.05, 4.69) is 15.2 Å². The molecule has 2 saturated heterocycles. The Labute approximate surface area is 161 Å². The molecule has 1 spiro atoms. The van der Waals surface area contributed by atoms with E-state index >= 15 is 0 Å². The molecule has 136 valence electrons. The topological polar surface area (TPSA) is 62.3 Å². The van der Waals surface area contributed by atoms with Gasteiger partial charge in [-0.2, -0.15) is 0 Å². The van der Waals surface area contributed by atoms with Crippen molar-refractivity contribution in [2.24, 2.45) is 5.41 Å². The number of carbonyl (C=O) groups is 2. The summed E-state index contributed by atoms with van der Waals surface area (Å²) in [7, 11) is 0. The number of anilines is 1. The molecule has 0 unspecified atom stereocenters. The number of pyridine rings is 1. The highest BCUT2D eigenvalue weighted by atomic mass is 35.5. The molecule has 0 radical (unpaired) electrons. The smallest absolute Gasteiger partial charge is 0.226 e. The van der Waals surface area contributed by atoms with E-state index in [0.29, 0.717) is 5.02 Å². The minimum Gasteiger partial charge on any atom is -0.370 e. The lowest BCUT2D eigenvalue weighted by Gasteiger charge is -2.39. The Morgan fingerprint density at radius 3 is 2.65 bits per heavy atom. The van der Waals surface area contributed by atoms with Crippen molar-refractivity contribution < 1.29 is 9.59 Å². The summed E-state index contributed by atoms with van der Waals surface area (Å²) < 4.78 is 0. The van der Waals surface area contributed by atoms with Crippen LogP contribution in [0.15, 0.2) is 24.5 Å². The van der Waals surface area contributed by atoms with Gasteiger partial charge in [-0.05, 0) is 38.3 Å². The maximum Gasteiger partial charge on any atom is 0.226 e. The summed E-state index contributed by atoms with van der Waals surface area (Å²) in [5.74, 6) is 0.257. The van der Waals surface area contributed by atoms with Crippen molar-refractivity contribution >= 4 is 40.3 Å². The molecular formula is C19H20ClN3O2S. The third-order valence-electron chi connectivity index (χ3n) is 5.50. The Bertz CT molecular complexity index is 871. The van der Waals surface area contributed by atoms with Crippen LogP contribution in [-0.4, -0.2) is 36.3 Å². The van der Waals surface area contributed by atoms with E-state index in [1.54, 1.807) is 13.1 Å². The Hall–Kier alpha value is -1.92. The average molecular weight is 390 g/mol. The van der Waals surface area contributed by atoms with E-state index < -0.39 is 0 Å². The molecule has 2 fully saturated rings. The lowest BCUT2D eigenvalue weighted by molar-refractivity contribution is -0.128. The summed E-state index contributed by atoms with van der Waals surface area (Å²) in [6.07, 6.45) is 6.06. The van der Waals surface area contributed by atoms with Gasteiger partial charge >= 0.3 is 0 Å². The molecule has 2 aliphatic rings. The SMILES string of the molecule is CC(=O)c1ccc(-c2cncc(Cl)c2N2CCC3(CCNC3=O)CC2)s1. The van der Waals surface area contributed by atoms with Crippen LogP contribution in [0, 0.1) is 5.41 Å². The van der Waals surface area contributed by atoms with E-state index in [1.165, 1.54) is 11.3 Å². The lowest BCUT2D eigenvalue weighted by Crippen LogP contribution is -2.44. The second-order valence-corrected chi connectivity index (χ2v) is 8.50. The van der Waals surface area contributed by atoms with Gasteiger partial charge in [0.1, 0.15) is 0 Å². The summed E-state index contributed by atoms with van der Waals surface area (Å²) in [6.45, 7) is 3.93. The Morgan fingerprint density at radius 1 is 1.27 bits per heavy atom. The van der Waals surface area contributed by atoms with Crippen molar-refractivity contribution in [1.82, 2.24) is 10.3 Å². The van der Waals surface area contributed by atoms with E-state index in [1.807, 2.05) is 18.3 Å². The molecule has 7 heteroatoms. The molecular weight excluding hydrogens is 370 g/mol. The number of aromatic nitrogens is 1. The first-order chi connectivity index (χ1) is 12.5. The maximum atomic E-state index is 12.2. The molecule has 1 amide bonds. The molecule has 0 saturated carbocycles. The number of carbonyl (C=O) groups excluding carboxylic acids is 2. The largest absolute Gasteiger partial charge is 0.370 e. The predicted molar refractivity (Wildman–Crippen MR) is 104 cm³/mol. The molecule has 0 aromatic carbocycles. The third kappa shape index (κ3) is 2.91. The van der Waals surface area contributed by atoms with Crippen molar-refractivity contribution in [2.45, 2.75) is 26.2 Å². The summed E-state index contributed by atoms with van der Waals surface area (Å²) >= 11 is 7.98. The second-order valence-electron chi connectivity index (χ2n) is 7.01. The Morgan fingerprint density at radius 2 is 2.04 bits per heavy atom. The van der Waals surface area contributed by atoms with Crippen LogP contribution in [-0.2, 0) is 4.79 Å². The molecule has 2 aliphatic heterocycles. The number of Topliss-reactive ketones (excluding diaryl/α,β-unsaturated/α-hetero) is 1. The standard InChI is InChI=1S/C19H20ClN3O2S/c1-12(24)15-2-3-16(26-15)13-10-21-11-14(20)17(13)23-8-5-19(6-9-23)4-7-22-18(19)25/h2-3,10-11H,4-9H2,1H3,(H,22,25). The van der Waals surface area contributed by atoms with Crippen molar-refractivity contribution in [3.05, 3.63) is 34.4 Å². The van der Waals surface area contributed by atoms with E-state index in [4.69, 9.17) is 11.6 Å². The van der Waals surface area contributed by atoms with Crippen LogP contribution < -0.4 is 10.2 Å². The lowest BCUT2D eigenvalue weighted by atomic mass is 9.77. The zero-order valence-electron chi connectivity index (χ0n) is 14.5. The fraction of sp³-hybridized carbons (Fsp3) is 0.421. The third-order valence-corrected chi connectivity index (χ3v) is 6.99. The summed E-state index contributed by atoms with van der Waals surface area (Å²) in [4.78, 5) is 32.1. The number of thiophene rings is 1. The first-order valence-electron chi connectivity index (χ1n) is 8.78. The predicted octanol–water partition coefficient (Wildman–Crippen LogP) is 3.77. The number of hydrogen-bond acceptors (Lipinski definition) is 5. The normalized spacial score (nSPS) is 19.0. The van der Waals surface area contributed by atoms with E-state index in [0.717, 1.165) is 59.9 Å². The van der Waals surface area contributed by atoms with Crippen LogP contribution in [0.3, 0.4) is 0 Å². The number of nitrogens with one attached hydrogen (secondary N) is 1. The summed E-state index contributed by atoms with van der Waals surface area (Å²) in [5.41, 5.74) is 1.69. The molecule has 0 atom stereocenters. The molecule has 0 bridgehead atoms. The highest BCUT2D eigenvalue weighted by Gasteiger charge is 2.44. The Balaban J connectivity index is 1.65. The molecule has 2 aromatic heterocycles. The van der Waals surface area contributed by atoms with Crippen LogP contribution in [0.2, 0.25) is 5.02 Å². The molecule has 2 aromatic rings. The van der Waals surface area contributed by atoms with Gasteiger partial charge in [-0.15, -0.1) is 11.3 Å². The molecule has 26 heavy (non-hydrogen) atoms. The van der Waals surface area contributed by atoms with Crippen LogP contribution in [0.5, 0.6) is 0 Å². The summed E-state index contributed by atoms with van der Waals surface area (Å²) in [5, 5.41) is 3.58. The number of halogens is 1. The number of piperidine rings is 1. The molecule has 4 heterocycles. The highest BCUT2D eigenvalue weighted by Crippen LogP contribution is 2.44. The minimum absolute atomic E-state index is 0.0601. The van der Waals surface area contributed by atoms with Crippen LogP contribution in [0.25, 0.3) is 10.4 Å². The number of nitrogens with zero attached hydrogens (tertiary/aromatic N) is 2. The maximum absolute atomic E-state index is 12.2. The van der Waals surface area contributed by atoms with Gasteiger partial charge < -0.3 is 10.2 Å². The van der Waals surface area contributed by atoms with E-state index in [-0.39, 0.29) is 17.1 Å². The quantitative estimate of drug-likeness (QED) is 0.811. The van der Waals surface area contributed by atoms with Crippen molar-refractivity contribution in [3.8, 4) is 10.4 Å². The number of amides is 1. The molecule has 1 N–H and O–H groups in total. The first kappa shape index (κ1) is 17.5. The fourth-order valence-corrected chi connectivity index (χ4v) is 5.14. The van der Waals surface area contributed by atoms with Gasteiger partial charge in [0.25, 0.3) is 0 Å². The van der Waals surface area contributed by atoms with Gasteiger partial charge in [0, 0.05) is 42.5 Å². The van der Waals surface area contributed by atoms with Gasteiger partial charge in [0.05, 0.1) is 21.0 Å². The van der Waals surface area contributed by atoms with Crippen LogP contribution >= 0.6 is 22.9 Å². The Kier molecular flexibility index (Phi) is 4.49. The zero-order valence-corrected chi connectivity index (χ0v) is 16.1. The van der Waals surface area contributed by atoms with Gasteiger partial charge in [0.15, 0.2) is 5.78 Å². The van der Waals surface area contributed by atoms with Gasteiger partial charge in [-0.3, -0.25) is 14.6 Å². The fourth-order valence-electron chi connectivity index (χ4n) is 3.95. The highest BCUT2D eigenvalue weighted by molar-refractivity contribution is 7.17. The number of hydrogen-bond donors (Lipinski definition) is 1. The summed E-state index contributed by atoms with van der Waals surface area (Å²) in [6, 6.07) is 3.80.